The number of halogens is 1. The molecule has 0 saturated heterocycles. The van der Waals surface area contributed by atoms with E-state index in [1.807, 2.05) is 0 Å². The SMILES string of the molecule is O=C1CC(C(=O)Nc2ccncc2)c2ccc(F)cc2N1. The molecule has 106 valence electrons. The molecule has 2 N–H and O–H groups in total. The van der Waals surface area contributed by atoms with E-state index >= 15 is 0 Å². The maximum atomic E-state index is 13.2. The Bertz CT molecular complexity index is 703. The zero-order valence-corrected chi connectivity index (χ0v) is 11.0. The molecule has 2 heterocycles. The van der Waals surface area contributed by atoms with Crippen LogP contribution in [0.15, 0.2) is 42.7 Å². The molecule has 3 rings (SSSR count). The van der Waals surface area contributed by atoms with E-state index in [1.165, 1.54) is 18.2 Å². The summed E-state index contributed by atoms with van der Waals surface area (Å²) in [7, 11) is 0. The molecular weight excluding hydrogens is 273 g/mol. The number of pyridine rings is 1. The molecule has 5 nitrogen and oxygen atoms in total. The van der Waals surface area contributed by atoms with Gasteiger partial charge in [0.15, 0.2) is 0 Å². The van der Waals surface area contributed by atoms with Crippen molar-refractivity contribution in [3.8, 4) is 0 Å². The number of amides is 2. The lowest BCUT2D eigenvalue weighted by atomic mass is 9.89. The van der Waals surface area contributed by atoms with Crippen LogP contribution in [0.3, 0.4) is 0 Å². The van der Waals surface area contributed by atoms with Gasteiger partial charge in [-0.15, -0.1) is 0 Å². The third kappa shape index (κ3) is 2.74. The first kappa shape index (κ1) is 13.2. The molecule has 6 heteroatoms. The number of benzene rings is 1. The maximum absolute atomic E-state index is 13.2. The molecule has 0 aliphatic carbocycles. The molecule has 1 aromatic heterocycles. The third-order valence-corrected chi connectivity index (χ3v) is 3.32. The first-order valence-electron chi connectivity index (χ1n) is 6.43. The largest absolute Gasteiger partial charge is 0.326 e. The summed E-state index contributed by atoms with van der Waals surface area (Å²) >= 11 is 0. The van der Waals surface area contributed by atoms with Gasteiger partial charge >= 0.3 is 0 Å². The molecule has 0 fully saturated rings. The number of nitrogens with zero attached hydrogens (tertiary/aromatic N) is 1. The fourth-order valence-corrected chi connectivity index (χ4v) is 2.34. The summed E-state index contributed by atoms with van der Waals surface area (Å²) in [6.45, 7) is 0. The predicted octanol–water partition coefficient (Wildman–Crippen LogP) is 2.29. The van der Waals surface area contributed by atoms with Crippen LogP contribution >= 0.6 is 0 Å². The molecule has 1 aliphatic rings. The maximum Gasteiger partial charge on any atom is 0.232 e. The molecule has 2 amide bonds. The molecule has 0 bridgehead atoms. The lowest BCUT2D eigenvalue weighted by Gasteiger charge is -2.24. The van der Waals surface area contributed by atoms with E-state index < -0.39 is 11.7 Å². The summed E-state index contributed by atoms with van der Waals surface area (Å²) in [5.74, 6) is -1.70. The minimum Gasteiger partial charge on any atom is -0.326 e. The molecule has 1 atom stereocenters. The van der Waals surface area contributed by atoms with Crippen LogP contribution in [-0.4, -0.2) is 16.8 Å². The number of hydrogen-bond acceptors (Lipinski definition) is 3. The quantitative estimate of drug-likeness (QED) is 0.889. The summed E-state index contributed by atoms with van der Waals surface area (Å²) in [5.41, 5.74) is 1.56. The fraction of sp³-hybridized carbons (Fsp3) is 0.133. The Balaban J connectivity index is 1.89. The van der Waals surface area contributed by atoms with Gasteiger partial charge in [0.25, 0.3) is 0 Å². The first-order valence-corrected chi connectivity index (χ1v) is 6.43. The van der Waals surface area contributed by atoms with E-state index in [4.69, 9.17) is 0 Å². The zero-order chi connectivity index (χ0) is 14.8. The van der Waals surface area contributed by atoms with Crippen LogP contribution in [0, 0.1) is 5.82 Å². The molecule has 1 aromatic carbocycles. The lowest BCUT2D eigenvalue weighted by Crippen LogP contribution is -2.30. The second kappa shape index (κ2) is 5.32. The van der Waals surface area contributed by atoms with Crippen molar-refractivity contribution in [3.05, 3.63) is 54.1 Å². The molecule has 1 unspecified atom stereocenters. The topological polar surface area (TPSA) is 71.1 Å². The average molecular weight is 285 g/mol. The van der Waals surface area contributed by atoms with E-state index in [0.717, 1.165) is 0 Å². The summed E-state index contributed by atoms with van der Waals surface area (Å²) in [6.07, 6.45) is 3.16. The number of carbonyl (C=O) groups excluding carboxylic acids is 2. The van der Waals surface area contributed by atoms with Gasteiger partial charge in [-0.2, -0.15) is 0 Å². The van der Waals surface area contributed by atoms with Crippen LogP contribution in [0.1, 0.15) is 17.9 Å². The van der Waals surface area contributed by atoms with Crippen LogP contribution in [-0.2, 0) is 9.59 Å². The second-order valence-electron chi connectivity index (χ2n) is 4.76. The number of hydrogen-bond donors (Lipinski definition) is 2. The smallest absolute Gasteiger partial charge is 0.232 e. The van der Waals surface area contributed by atoms with Gasteiger partial charge in [-0.05, 0) is 29.8 Å². The van der Waals surface area contributed by atoms with Crippen molar-refractivity contribution in [2.45, 2.75) is 12.3 Å². The molecule has 0 spiro atoms. The molecule has 1 aliphatic heterocycles. The lowest BCUT2D eigenvalue weighted by molar-refractivity contribution is -0.123. The monoisotopic (exact) mass is 285 g/mol. The summed E-state index contributed by atoms with van der Waals surface area (Å²) in [6, 6.07) is 7.35. The van der Waals surface area contributed by atoms with E-state index in [9.17, 15) is 14.0 Å². The normalized spacial score (nSPS) is 16.8. The van der Waals surface area contributed by atoms with E-state index in [0.29, 0.717) is 16.9 Å². The Kier molecular flexibility index (Phi) is 3.35. The highest BCUT2D eigenvalue weighted by atomic mass is 19.1. The number of anilines is 2. The Morgan fingerprint density at radius 1 is 1.29 bits per heavy atom. The van der Waals surface area contributed by atoms with Gasteiger partial charge in [-0.3, -0.25) is 14.6 Å². The Hall–Kier alpha value is -2.76. The minimum absolute atomic E-state index is 0.0373. The number of nitrogens with one attached hydrogen (secondary N) is 2. The Labute approximate surface area is 120 Å². The molecule has 0 radical (unpaired) electrons. The van der Waals surface area contributed by atoms with Crippen molar-refractivity contribution in [1.29, 1.82) is 0 Å². The zero-order valence-electron chi connectivity index (χ0n) is 11.0. The van der Waals surface area contributed by atoms with Crippen molar-refractivity contribution in [1.82, 2.24) is 4.98 Å². The fourth-order valence-electron chi connectivity index (χ4n) is 2.34. The van der Waals surface area contributed by atoms with E-state index in [1.54, 1.807) is 24.5 Å². The predicted molar refractivity (Wildman–Crippen MR) is 75.3 cm³/mol. The van der Waals surface area contributed by atoms with Gasteiger partial charge in [-0.25, -0.2) is 4.39 Å². The van der Waals surface area contributed by atoms with E-state index in [2.05, 4.69) is 15.6 Å². The van der Waals surface area contributed by atoms with E-state index in [-0.39, 0.29) is 18.2 Å². The molecular formula is C15H12FN3O2. The minimum atomic E-state index is -0.637. The van der Waals surface area contributed by atoms with Gasteiger partial charge in [0.1, 0.15) is 5.82 Å². The van der Waals surface area contributed by atoms with Gasteiger partial charge < -0.3 is 10.6 Å². The van der Waals surface area contributed by atoms with Crippen LogP contribution in [0.25, 0.3) is 0 Å². The number of carbonyl (C=O) groups is 2. The van der Waals surface area contributed by atoms with Crippen molar-refractivity contribution in [2.75, 3.05) is 10.6 Å². The number of aromatic nitrogens is 1. The highest BCUT2D eigenvalue weighted by Gasteiger charge is 2.30. The standard InChI is InChI=1S/C15H12FN3O2/c16-9-1-2-11-12(8-14(20)19-13(11)7-9)15(21)18-10-3-5-17-6-4-10/h1-7,12H,8H2,(H,19,20)(H,17,18,21). The number of rotatable bonds is 2. The summed E-state index contributed by atoms with van der Waals surface area (Å²) in [4.78, 5) is 27.9. The average Bonchev–Trinajstić information content (AvgIpc) is 2.47. The van der Waals surface area contributed by atoms with Crippen LogP contribution in [0.5, 0.6) is 0 Å². The van der Waals surface area contributed by atoms with Crippen molar-refractivity contribution < 1.29 is 14.0 Å². The van der Waals surface area contributed by atoms with Gasteiger partial charge in [0.05, 0.1) is 5.92 Å². The summed E-state index contributed by atoms with van der Waals surface area (Å²) < 4.78 is 13.2. The van der Waals surface area contributed by atoms with Crippen molar-refractivity contribution in [3.63, 3.8) is 0 Å². The summed E-state index contributed by atoms with van der Waals surface area (Å²) in [5, 5.41) is 5.32. The Morgan fingerprint density at radius 2 is 2.05 bits per heavy atom. The molecule has 2 aromatic rings. The van der Waals surface area contributed by atoms with Crippen LogP contribution in [0.2, 0.25) is 0 Å². The van der Waals surface area contributed by atoms with Crippen molar-refractivity contribution in [2.24, 2.45) is 0 Å². The third-order valence-electron chi connectivity index (χ3n) is 3.32. The number of fused-ring (bicyclic) bond motifs is 1. The van der Waals surface area contributed by atoms with Crippen LogP contribution < -0.4 is 10.6 Å². The molecule has 21 heavy (non-hydrogen) atoms. The van der Waals surface area contributed by atoms with Gasteiger partial charge in [-0.1, -0.05) is 6.07 Å². The van der Waals surface area contributed by atoms with Crippen LogP contribution in [0.4, 0.5) is 15.8 Å². The molecule has 0 saturated carbocycles. The second-order valence-corrected chi connectivity index (χ2v) is 4.76. The van der Waals surface area contributed by atoms with Gasteiger partial charge in [0.2, 0.25) is 11.8 Å². The highest BCUT2D eigenvalue weighted by Crippen LogP contribution is 2.33. The first-order chi connectivity index (χ1) is 10.1. The van der Waals surface area contributed by atoms with Crippen molar-refractivity contribution >= 4 is 23.2 Å². The highest BCUT2D eigenvalue weighted by molar-refractivity contribution is 6.05. The van der Waals surface area contributed by atoms with Gasteiger partial charge in [0, 0.05) is 30.2 Å². The Morgan fingerprint density at radius 3 is 2.81 bits per heavy atom.